The highest BCUT2D eigenvalue weighted by Crippen LogP contribution is 2.21. The molecule has 5 nitrogen and oxygen atoms in total. The number of nitrogens with one attached hydrogen (secondary N) is 1. The maximum atomic E-state index is 12.1. The number of carbonyl (C=O) groups is 1. The van der Waals surface area contributed by atoms with Crippen molar-refractivity contribution in [1.82, 2.24) is 20.1 Å². The second-order valence-electron chi connectivity index (χ2n) is 4.47. The van der Waals surface area contributed by atoms with E-state index in [2.05, 4.69) is 15.5 Å². The van der Waals surface area contributed by atoms with Gasteiger partial charge in [0.05, 0.1) is 5.25 Å². The van der Waals surface area contributed by atoms with E-state index in [4.69, 9.17) is 11.6 Å². The van der Waals surface area contributed by atoms with Gasteiger partial charge in [0.25, 0.3) is 0 Å². The van der Waals surface area contributed by atoms with Crippen LogP contribution in [0, 0.1) is 0 Å². The molecule has 0 aliphatic rings. The van der Waals surface area contributed by atoms with E-state index in [0.717, 1.165) is 17.3 Å². The Morgan fingerprint density at radius 1 is 1.48 bits per heavy atom. The van der Waals surface area contributed by atoms with Crippen molar-refractivity contribution in [3.8, 4) is 0 Å². The zero-order valence-electron chi connectivity index (χ0n) is 11.9. The number of benzene rings is 1. The summed E-state index contributed by atoms with van der Waals surface area (Å²) in [5.41, 5.74) is 0.904. The first-order valence-electron chi connectivity index (χ1n) is 6.67. The van der Waals surface area contributed by atoms with E-state index >= 15 is 0 Å². The molecule has 0 aliphatic carbocycles. The van der Waals surface area contributed by atoms with E-state index in [1.165, 1.54) is 11.8 Å². The Labute approximate surface area is 133 Å². The maximum Gasteiger partial charge on any atom is 0.233 e. The quantitative estimate of drug-likeness (QED) is 0.830. The average Bonchev–Trinajstić information content (AvgIpc) is 2.93. The van der Waals surface area contributed by atoms with Gasteiger partial charge in [-0.1, -0.05) is 41.6 Å². The predicted octanol–water partition coefficient (Wildman–Crippen LogP) is 2.75. The summed E-state index contributed by atoms with van der Waals surface area (Å²) in [7, 11) is 0. The molecule has 0 aliphatic heterocycles. The number of carbonyl (C=O) groups excluding carboxylic acids is 1. The number of nitrogens with zero attached hydrogens (tertiary/aromatic N) is 3. The molecule has 7 heteroatoms. The number of amides is 1. The molecular formula is C14H17ClN4OS. The number of aryl methyl sites for hydroxylation is 1. The van der Waals surface area contributed by atoms with Crippen LogP contribution in [0.3, 0.4) is 0 Å². The van der Waals surface area contributed by atoms with Crippen molar-refractivity contribution in [2.45, 2.75) is 37.3 Å². The van der Waals surface area contributed by atoms with E-state index in [1.807, 2.05) is 42.7 Å². The summed E-state index contributed by atoms with van der Waals surface area (Å²) < 4.78 is 1.91. The molecule has 1 atom stereocenters. The minimum atomic E-state index is -0.248. The lowest BCUT2D eigenvalue weighted by atomic mass is 10.2. The van der Waals surface area contributed by atoms with E-state index in [9.17, 15) is 4.79 Å². The summed E-state index contributed by atoms with van der Waals surface area (Å²) in [6.45, 7) is 5.06. The molecule has 0 bridgehead atoms. The first-order valence-corrected chi connectivity index (χ1v) is 7.93. The van der Waals surface area contributed by atoms with Crippen LogP contribution < -0.4 is 5.32 Å². The van der Waals surface area contributed by atoms with E-state index < -0.39 is 0 Å². The molecule has 1 aromatic carbocycles. The molecule has 1 aromatic heterocycles. The lowest BCUT2D eigenvalue weighted by molar-refractivity contribution is -0.120. The molecule has 2 rings (SSSR count). The molecule has 2 aromatic rings. The van der Waals surface area contributed by atoms with Crippen LogP contribution in [0.25, 0.3) is 0 Å². The van der Waals surface area contributed by atoms with Crippen LogP contribution >= 0.6 is 23.4 Å². The van der Waals surface area contributed by atoms with Crippen molar-refractivity contribution in [2.75, 3.05) is 0 Å². The number of hydrogen-bond donors (Lipinski definition) is 1. The van der Waals surface area contributed by atoms with Crippen LogP contribution in [-0.2, 0) is 17.9 Å². The normalized spacial score (nSPS) is 12.1. The molecule has 0 saturated carbocycles. The lowest BCUT2D eigenvalue weighted by Crippen LogP contribution is -2.30. The summed E-state index contributed by atoms with van der Waals surface area (Å²) >= 11 is 7.46. The molecule has 0 saturated heterocycles. The number of halogens is 1. The fourth-order valence-corrected chi connectivity index (χ4v) is 2.85. The standard InChI is InChI=1S/C14H17ClN4OS/c1-3-19-9-17-18-14(19)21-10(2)13(20)16-8-11-6-4-5-7-12(11)15/h4-7,9-10H,3,8H2,1-2H3,(H,16,20)/t10-/m1/s1. The molecular weight excluding hydrogens is 308 g/mol. The van der Waals surface area contributed by atoms with Gasteiger partial charge in [0.2, 0.25) is 5.91 Å². The van der Waals surface area contributed by atoms with Crippen LogP contribution in [0.15, 0.2) is 35.7 Å². The highest BCUT2D eigenvalue weighted by Gasteiger charge is 2.17. The van der Waals surface area contributed by atoms with Crippen LogP contribution in [0.2, 0.25) is 5.02 Å². The van der Waals surface area contributed by atoms with E-state index in [0.29, 0.717) is 11.6 Å². The second-order valence-corrected chi connectivity index (χ2v) is 6.18. The van der Waals surface area contributed by atoms with Crippen molar-refractivity contribution in [3.05, 3.63) is 41.2 Å². The van der Waals surface area contributed by atoms with Gasteiger partial charge in [-0.2, -0.15) is 0 Å². The molecule has 0 radical (unpaired) electrons. The monoisotopic (exact) mass is 324 g/mol. The largest absolute Gasteiger partial charge is 0.351 e. The van der Waals surface area contributed by atoms with Gasteiger partial charge in [-0.05, 0) is 25.5 Å². The second kappa shape index (κ2) is 7.47. The third-order valence-corrected chi connectivity index (χ3v) is 4.45. The number of aromatic nitrogens is 3. The Bertz CT molecular complexity index is 617. The first kappa shape index (κ1) is 15.9. The fourth-order valence-electron chi connectivity index (χ4n) is 1.73. The lowest BCUT2D eigenvalue weighted by Gasteiger charge is -2.12. The van der Waals surface area contributed by atoms with Crippen LogP contribution in [0.5, 0.6) is 0 Å². The molecule has 1 amide bonds. The van der Waals surface area contributed by atoms with Gasteiger partial charge in [-0.3, -0.25) is 4.79 Å². The molecule has 21 heavy (non-hydrogen) atoms. The highest BCUT2D eigenvalue weighted by molar-refractivity contribution is 8.00. The summed E-state index contributed by atoms with van der Waals surface area (Å²) in [6.07, 6.45) is 1.66. The molecule has 0 spiro atoms. The zero-order chi connectivity index (χ0) is 15.2. The number of hydrogen-bond acceptors (Lipinski definition) is 4. The third-order valence-electron chi connectivity index (χ3n) is 2.98. The molecule has 1 N–H and O–H groups in total. The Morgan fingerprint density at radius 3 is 2.95 bits per heavy atom. The van der Waals surface area contributed by atoms with Gasteiger partial charge in [0, 0.05) is 18.1 Å². The van der Waals surface area contributed by atoms with Gasteiger partial charge in [0.15, 0.2) is 5.16 Å². The Morgan fingerprint density at radius 2 is 2.24 bits per heavy atom. The fraction of sp³-hybridized carbons (Fsp3) is 0.357. The topological polar surface area (TPSA) is 59.8 Å². The summed E-state index contributed by atoms with van der Waals surface area (Å²) in [4.78, 5) is 12.1. The number of thioether (sulfide) groups is 1. The smallest absolute Gasteiger partial charge is 0.233 e. The maximum absolute atomic E-state index is 12.1. The third kappa shape index (κ3) is 4.22. The Balaban J connectivity index is 1.90. The van der Waals surface area contributed by atoms with Crippen molar-refractivity contribution < 1.29 is 4.79 Å². The number of rotatable bonds is 6. The van der Waals surface area contributed by atoms with Gasteiger partial charge in [-0.15, -0.1) is 10.2 Å². The Hall–Kier alpha value is -1.53. The SMILES string of the molecule is CCn1cnnc1S[C@H](C)C(=O)NCc1ccccc1Cl. The van der Waals surface area contributed by atoms with Gasteiger partial charge in [-0.25, -0.2) is 0 Å². The van der Waals surface area contributed by atoms with Crippen molar-refractivity contribution in [2.24, 2.45) is 0 Å². The van der Waals surface area contributed by atoms with Crippen LogP contribution in [0.1, 0.15) is 19.4 Å². The Kier molecular flexibility index (Phi) is 5.64. The summed E-state index contributed by atoms with van der Waals surface area (Å²) in [6, 6.07) is 7.47. The minimum Gasteiger partial charge on any atom is -0.351 e. The van der Waals surface area contributed by atoms with Crippen molar-refractivity contribution in [3.63, 3.8) is 0 Å². The van der Waals surface area contributed by atoms with Gasteiger partial charge in [0.1, 0.15) is 6.33 Å². The van der Waals surface area contributed by atoms with Gasteiger partial charge < -0.3 is 9.88 Å². The predicted molar refractivity (Wildman–Crippen MR) is 84.3 cm³/mol. The average molecular weight is 325 g/mol. The molecule has 0 fully saturated rings. The molecule has 112 valence electrons. The zero-order valence-corrected chi connectivity index (χ0v) is 13.5. The molecule has 0 unspecified atom stereocenters. The van der Waals surface area contributed by atoms with Crippen molar-refractivity contribution >= 4 is 29.3 Å². The van der Waals surface area contributed by atoms with Gasteiger partial charge >= 0.3 is 0 Å². The van der Waals surface area contributed by atoms with E-state index in [1.54, 1.807) is 6.33 Å². The minimum absolute atomic E-state index is 0.0504. The summed E-state index contributed by atoms with van der Waals surface area (Å²) in [5, 5.41) is 11.9. The highest BCUT2D eigenvalue weighted by atomic mass is 35.5. The van der Waals surface area contributed by atoms with Crippen LogP contribution in [-0.4, -0.2) is 25.9 Å². The first-order chi connectivity index (χ1) is 10.1. The summed E-state index contributed by atoms with van der Waals surface area (Å²) in [5.74, 6) is -0.0504. The van der Waals surface area contributed by atoms with E-state index in [-0.39, 0.29) is 11.2 Å². The van der Waals surface area contributed by atoms with Crippen LogP contribution in [0.4, 0.5) is 0 Å². The van der Waals surface area contributed by atoms with Crippen molar-refractivity contribution in [1.29, 1.82) is 0 Å². The molecule has 1 heterocycles.